The summed E-state index contributed by atoms with van der Waals surface area (Å²) in [6, 6.07) is 9.57. The Morgan fingerprint density at radius 1 is 1.13 bits per heavy atom. The maximum atomic E-state index is 12.9. The minimum absolute atomic E-state index is 0.0651. The zero-order valence-corrected chi connectivity index (χ0v) is 14.6. The Hall–Kier alpha value is -1.55. The lowest BCUT2D eigenvalue weighted by Gasteiger charge is -2.15. The molecule has 1 atom stereocenters. The second-order valence-electron chi connectivity index (χ2n) is 5.02. The zero-order valence-electron chi connectivity index (χ0n) is 13.7. The molecule has 1 aliphatic rings. The minimum atomic E-state index is -3.49. The van der Waals surface area contributed by atoms with Crippen LogP contribution >= 0.6 is 7.60 Å². The van der Waals surface area contributed by atoms with Gasteiger partial charge in [-0.2, -0.15) is 0 Å². The first kappa shape index (κ1) is 17.8. The Kier molecular flexibility index (Phi) is 6.05. The van der Waals surface area contributed by atoms with Crippen molar-refractivity contribution in [2.75, 3.05) is 13.2 Å². The molecule has 1 aromatic carbocycles. The molecule has 1 aliphatic heterocycles. The number of aliphatic imine (C=N–C) groups is 1. The molecule has 0 spiro atoms. The highest BCUT2D eigenvalue weighted by atomic mass is 31.2. The number of rotatable bonds is 8. The standard InChI is InChI=1S/C17H22NO4P/c1-4-15(19)17-14(13-10-8-7-9-11-13)12-16(18-17)23(20,21-5-2)22-6-3/h7-12,14H,4-6H2,1-3H3. The van der Waals surface area contributed by atoms with Crippen LogP contribution in [0, 0.1) is 0 Å². The predicted molar refractivity (Wildman–Crippen MR) is 90.9 cm³/mol. The van der Waals surface area contributed by atoms with Gasteiger partial charge in [-0.05, 0) is 25.5 Å². The van der Waals surface area contributed by atoms with Gasteiger partial charge in [0.25, 0.3) is 0 Å². The van der Waals surface area contributed by atoms with Crippen molar-refractivity contribution in [2.24, 2.45) is 4.99 Å². The van der Waals surface area contributed by atoms with Gasteiger partial charge in [-0.25, -0.2) is 4.99 Å². The van der Waals surface area contributed by atoms with Gasteiger partial charge in [-0.3, -0.25) is 9.36 Å². The number of nitrogens with zero attached hydrogens (tertiary/aromatic N) is 1. The zero-order chi connectivity index (χ0) is 16.9. The lowest BCUT2D eigenvalue weighted by molar-refractivity contribution is -0.112. The molecule has 6 heteroatoms. The molecule has 0 bridgehead atoms. The average Bonchev–Trinajstić information content (AvgIpc) is 3.01. The van der Waals surface area contributed by atoms with E-state index in [-0.39, 0.29) is 30.4 Å². The molecule has 0 fully saturated rings. The monoisotopic (exact) mass is 335 g/mol. The van der Waals surface area contributed by atoms with E-state index in [4.69, 9.17) is 9.05 Å². The van der Waals surface area contributed by atoms with E-state index < -0.39 is 7.60 Å². The summed E-state index contributed by atoms with van der Waals surface area (Å²) in [6.45, 7) is 5.78. The van der Waals surface area contributed by atoms with Crippen molar-refractivity contribution < 1.29 is 18.4 Å². The highest BCUT2D eigenvalue weighted by Crippen LogP contribution is 2.59. The number of ketones is 1. The van der Waals surface area contributed by atoms with E-state index in [0.717, 1.165) is 5.56 Å². The van der Waals surface area contributed by atoms with E-state index >= 15 is 0 Å². The average molecular weight is 335 g/mol. The van der Waals surface area contributed by atoms with Crippen LogP contribution in [0.1, 0.15) is 38.7 Å². The molecule has 2 rings (SSSR count). The number of hydrogen-bond donors (Lipinski definition) is 0. The third kappa shape index (κ3) is 3.86. The third-order valence-corrected chi connectivity index (χ3v) is 5.50. The molecule has 0 N–H and O–H groups in total. The molecule has 1 aromatic rings. The lowest BCUT2D eigenvalue weighted by Crippen LogP contribution is -2.18. The topological polar surface area (TPSA) is 65.0 Å². The van der Waals surface area contributed by atoms with Gasteiger partial charge in [0.05, 0.1) is 24.8 Å². The number of hydrogen-bond acceptors (Lipinski definition) is 5. The summed E-state index contributed by atoms with van der Waals surface area (Å²) >= 11 is 0. The molecule has 23 heavy (non-hydrogen) atoms. The van der Waals surface area contributed by atoms with E-state index in [1.165, 1.54) is 0 Å². The Labute approximate surface area is 136 Å². The van der Waals surface area contributed by atoms with E-state index in [9.17, 15) is 9.36 Å². The number of carbonyl (C=O) groups excluding carboxylic acids is 1. The van der Waals surface area contributed by atoms with E-state index in [1.807, 2.05) is 30.3 Å². The van der Waals surface area contributed by atoms with Gasteiger partial charge in [-0.15, -0.1) is 0 Å². The quantitative estimate of drug-likeness (QED) is 0.664. The predicted octanol–water partition coefficient (Wildman–Crippen LogP) is 4.31. The highest BCUT2D eigenvalue weighted by molar-refractivity contribution is 7.58. The molecule has 124 valence electrons. The van der Waals surface area contributed by atoms with Crippen LogP contribution < -0.4 is 0 Å². The Bertz CT molecular complexity index is 656. The summed E-state index contributed by atoms with van der Waals surface area (Å²) in [5, 5.41) is 0. The van der Waals surface area contributed by atoms with Crippen molar-refractivity contribution in [3.63, 3.8) is 0 Å². The fourth-order valence-electron chi connectivity index (χ4n) is 2.45. The summed E-state index contributed by atoms with van der Waals surface area (Å²) in [5.74, 6) is -0.377. The fourth-order valence-corrected chi connectivity index (χ4v) is 4.03. The molecule has 0 saturated heterocycles. The summed E-state index contributed by atoms with van der Waals surface area (Å²) < 4.78 is 23.6. The molecule has 0 aliphatic carbocycles. The van der Waals surface area contributed by atoms with Crippen molar-refractivity contribution in [3.05, 3.63) is 47.4 Å². The maximum Gasteiger partial charge on any atom is 0.379 e. The van der Waals surface area contributed by atoms with Crippen molar-refractivity contribution in [2.45, 2.75) is 33.1 Å². The minimum Gasteiger partial charge on any atom is -0.304 e. The molecule has 5 nitrogen and oxygen atoms in total. The Balaban J connectivity index is 2.46. The van der Waals surface area contributed by atoms with Crippen molar-refractivity contribution in [1.82, 2.24) is 0 Å². The molecule has 0 amide bonds. The molecule has 0 radical (unpaired) electrons. The van der Waals surface area contributed by atoms with Gasteiger partial charge in [0, 0.05) is 6.42 Å². The SMILES string of the molecule is CCOP(=O)(OCC)C1=CC(c2ccccc2)C(C(=O)CC)=N1. The molecule has 1 unspecified atom stereocenters. The van der Waals surface area contributed by atoms with Crippen LogP contribution in [0.3, 0.4) is 0 Å². The first-order valence-electron chi connectivity index (χ1n) is 7.83. The largest absolute Gasteiger partial charge is 0.379 e. The molecule has 1 heterocycles. The van der Waals surface area contributed by atoms with E-state index in [0.29, 0.717) is 12.1 Å². The van der Waals surface area contributed by atoms with Crippen LogP contribution in [0.4, 0.5) is 0 Å². The summed E-state index contributed by atoms with van der Waals surface area (Å²) in [7, 11) is -3.49. The summed E-state index contributed by atoms with van der Waals surface area (Å²) in [5.41, 5.74) is 1.56. The Morgan fingerprint density at radius 3 is 2.26 bits per heavy atom. The molecular formula is C17H22NO4P. The Morgan fingerprint density at radius 2 is 1.74 bits per heavy atom. The number of allylic oxidation sites excluding steroid dienone is 1. The summed E-state index contributed by atoms with van der Waals surface area (Å²) in [4.78, 5) is 16.6. The van der Waals surface area contributed by atoms with Crippen LogP contribution in [-0.4, -0.2) is 24.7 Å². The van der Waals surface area contributed by atoms with E-state index in [1.54, 1.807) is 26.8 Å². The molecular weight excluding hydrogens is 313 g/mol. The summed E-state index contributed by atoms with van der Waals surface area (Å²) in [6.07, 6.45) is 2.07. The molecule has 0 saturated carbocycles. The first-order chi connectivity index (χ1) is 11.1. The third-order valence-electron chi connectivity index (χ3n) is 3.49. The first-order valence-corrected chi connectivity index (χ1v) is 9.38. The number of Topliss-reactive ketones (excluding diaryl/α,β-unsaturated/α-hetero) is 1. The smallest absolute Gasteiger partial charge is 0.304 e. The van der Waals surface area contributed by atoms with Gasteiger partial charge < -0.3 is 9.05 Å². The normalized spacial score (nSPS) is 17.8. The fraction of sp³-hybridized carbons (Fsp3) is 0.412. The van der Waals surface area contributed by atoms with Crippen LogP contribution in [0.15, 0.2) is 46.8 Å². The number of carbonyl (C=O) groups is 1. The van der Waals surface area contributed by atoms with Crippen molar-refractivity contribution in [1.29, 1.82) is 0 Å². The van der Waals surface area contributed by atoms with Gasteiger partial charge in [-0.1, -0.05) is 37.3 Å². The van der Waals surface area contributed by atoms with Crippen LogP contribution in [0.25, 0.3) is 0 Å². The van der Waals surface area contributed by atoms with Gasteiger partial charge in [0.15, 0.2) is 5.78 Å². The van der Waals surface area contributed by atoms with Crippen molar-refractivity contribution in [3.8, 4) is 0 Å². The van der Waals surface area contributed by atoms with Crippen LogP contribution in [-0.2, 0) is 18.4 Å². The second-order valence-corrected chi connectivity index (χ2v) is 6.99. The van der Waals surface area contributed by atoms with Crippen LogP contribution in [0.5, 0.6) is 0 Å². The van der Waals surface area contributed by atoms with Crippen molar-refractivity contribution >= 4 is 19.1 Å². The van der Waals surface area contributed by atoms with Crippen LogP contribution in [0.2, 0.25) is 0 Å². The van der Waals surface area contributed by atoms with Gasteiger partial charge in [0.2, 0.25) is 0 Å². The lowest BCUT2D eigenvalue weighted by atomic mass is 9.92. The van der Waals surface area contributed by atoms with Gasteiger partial charge >= 0.3 is 7.60 Å². The van der Waals surface area contributed by atoms with Gasteiger partial charge in [0.1, 0.15) is 5.44 Å². The molecule has 0 aromatic heterocycles. The highest BCUT2D eigenvalue weighted by Gasteiger charge is 2.37. The number of benzene rings is 1. The maximum absolute atomic E-state index is 12.9. The van der Waals surface area contributed by atoms with E-state index in [2.05, 4.69) is 4.99 Å². The second kappa shape index (κ2) is 7.82.